The van der Waals surface area contributed by atoms with Gasteiger partial charge in [0.1, 0.15) is 5.82 Å². The van der Waals surface area contributed by atoms with Gasteiger partial charge in [-0.1, -0.05) is 13.3 Å². The van der Waals surface area contributed by atoms with Crippen LogP contribution in [0, 0.1) is 5.41 Å². The topological polar surface area (TPSA) is 87.5 Å². The number of nitrogens with one attached hydrogen (secondary N) is 1. The molecule has 1 aromatic heterocycles. The fourth-order valence-electron chi connectivity index (χ4n) is 2.52. The second kappa shape index (κ2) is 5.75. The number of hydrogen-bond donors (Lipinski definition) is 2. The number of carbonyl (C=O) groups excluding carboxylic acids is 1. The third kappa shape index (κ3) is 3.17. The van der Waals surface area contributed by atoms with Crippen LogP contribution >= 0.6 is 0 Å². The van der Waals surface area contributed by atoms with E-state index in [9.17, 15) is 14.7 Å². The van der Waals surface area contributed by atoms with E-state index in [2.05, 4.69) is 17.3 Å². The van der Waals surface area contributed by atoms with Crippen molar-refractivity contribution in [2.24, 2.45) is 12.5 Å². The molecule has 1 unspecified atom stereocenters. The minimum Gasteiger partial charge on any atom is -0.481 e. The molecule has 2 rings (SSSR count). The van der Waals surface area contributed by atoms with Crippen LogP contribution in [0.5, 0.6) is 0 Å². The lowest BCUT2D eigenvalue weighted by atomic mass is 9.90. The number of hydrogen-bond acceptors (Lipinski definition) is 3. The molecule has 2 heterocycles. The summed E-state index contributed by atoms with van der Waals surface area (Å²) in [6.07, 6.45) is 2.33. The van der Waals surface area contributed by atoms with Gasteiger partial charge < -0.3 is 10.0 Å². The molecule has 1 saturated heterocycles. The van der Waals surface area contributed by atoms with E-state index in [0.717, 1.165) is 18.5 Å². The van der Waals surface area contributed by atoms with E-state index in [-0.39, 0.29) is 12.6 Å². The Kier molecular flexibility index (Phi) is 4.20. The van der Waals surface area contributed by atoms with E-state index in [1.807, 2.05) is 6.07 Å². The summed E-state index contributed by atoms with van der Waals surface area (Å²) >= 11 is 0. The summed E-state index contributed by atoms with van der Waals surface area (Å²) in [6.45, 7) is 4.43. The largest absolute Gasteiger partial charge is 0.481 e. The van der Waals surface area contributed by atoms with Gasteiger partial charge in [-0.2, -0.15) is 5.10 Å². The first-order chi connectivity index (χ1) is 9.85. The molecule has 1 aliphatic heterocycles. The first-order valence-corrected chi connectivity index (χ1v) is 7.18. The maximum Gasteiger partial charge on any atom is 0.323 e. The highest BCUT2D eigenvalue weighted by molar-refractivity contribution is 5.89. The molecule has 1 fully saturated rings. The molecular weight excluding hydrogens is 272 g/mol. The molecule has 0 aliphatic carbocycles. The fourth-order valence-corrected chi connectivity index (χ4v) is 2.52. The molecule has 1 aliphatic rings. The van der Waals surface area contributed by atoms with Gasteiger partial charge >= 0.3 is 12.0 Å². The number of carboxylic acids is 1. The molecular formula is C14H22N4O3. The van der Waals surface area contributed by atoms with Crippen molar-refractivity contribution >= 4 is 17.8 Å². The van der Waals surface area contributed by atoms with Crippen molar-refractivity contribution in [1.82, 2.24) is 14.7 Å². The zero-order valence-electron chi connectivity index (χ0n) is 12.7. The maximum atomic E-state index is 12.2. The van der Waals surface area contributed by atoms with Crippen molar-refractivity contribution in [3.8, 4) is 0 Å². The van der Waals surface area contributed by atoms with Crippen molar-refractivity contribution in [2.45, 2.75) is 33.1 Å². The number of rotatable bonds is 4. The SMILES string of the molecule is CCCc1cc(NC(=O)N2CCC(C)(C(=O)O)C2)n(C)n1. The molecule has 7 heteroatoms. The summed E-state index contributed by atoms with van der Waals surface area (Å²) in [5.41, 5.74) is 0.0871. The molecule has 0 saturated carbocycles. The number of aryl methyl sites for hydroxylation is 2. The Balaban J connectivity index is 2.01. The standard InChI is InChI=1S/C14H22N4O3/c1-4-5-10-8-11(17(3)16-10)15-13(21)18-7-6-14(2,9-18)12(19)20/h8H,4-7,9H2,1-3H3,(H,15,21)(H,19,20). The second-order valence-corrected chi connectivity index (χ2v) is 5.86. The maximum absolute atomic E-state index is 12.2. The Morgan fingerprint density at radius 2 is 2.24 bits per heavy atom. The lowest BCUT2D eigenvalue weighted by molar-refractivity contribution is -0.146. The minimum atomic E-state index is -0.858. The number of urea groups is 1. The lowest BCUT2D eigenvalue weighted by Gasteiger charge is -2.20. The van der Waals surface area contributed by atoms with Crippen molar-refractivity contribution in [3.63, 3.8) is 0 Å². The average molecular weight is 294 g/mol. The van der Waals surface area contributed by atoms with Gasteiger partial charge in [0.2, 0.25) is 0 Å². The number of aliphatic carboxylic acids is 1. The Hall–Kier alpha value is -2.05. The van der Waals surface area contributed by atoms with Crippen LogP contribution in [0.15, 0.2) is 6.07 Å². The molecule has 1 atom stereocenters. The van der Waals surface area contributed by atoms with Gasteiger partial charge in [-0.05, 0) is 19.8 Å². The quantitative estimate of drug-likeness (QED) is 0.884. The van der Waals surface area contributed by atoms with Crippen molar-refractivity contribution in [1.29, 1.82) is 0 Å². The van der Waals surface area contributed by atoms with Crippen LogP contribution in [0.2, 0.25) is 0 Å². The van der Waals surface area contributed by atoms with Crippen molar-refractivity contribution in [2.75, 3.05) is 18.4 Å². The van der Waals surface area contributed by atoms with Crippen LogP contribution in [-0.4, -0.2) is 44.9 Å². The molecule has 2 N–H and O–H groups in total. The predicted octanol–water partition coefficient (Wildman–Crippen LogP) is 1.70. The average Bonchev–Trinajstić information content (AvgIpc) is 2.96. The van der Waals surface area contributed by atoms with Gasteiger partial charge in [0.15, 0.2) is 0 Å². The molecule has 7 nitrogen and oxygen atoms in total. The summed E-state index contributed by atoms with van der Waals surface area (Å²) in [7, 11) is 1.78. The fraction of sp³-hybridized carbons (Fsp3) is 0.643. The molecule has 0 bridgehead atoms. The number of carbonyl (C=O) groups is 2. The van der Waals surface area contributed by atoms with Gasteiger partial charge in [0.05, 0.1) is 11.1 Å². The van der Waals surface area contributed by atoms with Gasteiger partial charge in [-0.3, -0.25) is 14.8 Å². The third-order valence-corrected chi connectivity index (χ3v) is 3.95. The summed E-state index contributed by atoms with van der Waals surface area (Å²) in [6, 6.07) is 1.58. The Morgan fingerprint density at radius 3 is 2.81 bits per heavy atom. The third-order valence-electron chi connectivity index (χ3n) is 3.95. The molecule has 2 amide bonds. The number of aromatic nitrogens is 2. The van der Waals surface area contributed by atoms with Crippen LogP contribution < -0.4 is 5.32 Å². The van der Waals surface area contributed by atoms with E-state index < -0.39 is 11.4 Å². The predicted molar refractivity (Wildman–Crippen MR) is 78.2 cm³/mol. The highest BCUT2D eigenvalue weighted by atomic mass is 16.4. The number of likely N-dealkylation sites (tertiary alicyclic amines) is 1. The van der Waals surface area contributed by atoms with Gasteiger partial charge in [-0.25, -0.2) is 4.79 Å². The molecule has 0 spiro atoms. The molecule has 21 heavy (non-hydrogen) atoms. The highest BCUT2D eigenvalue weighted by Crippen LogP contribution is 2.30. The summed E-state index contributed by atoms with van der Waals surface area (Å²) in [4.78, 5) is 25.0. The smallest absolute Gasteiger partial charge is 0.323 e. The first kappa shape index (κ1) is 15.3. The number of anilines is 1. The van der Waals surface area contributed by atoms with Gasteiger partial charge in [0, 0.05) is 26.2 Å². The lowest BCUT2D eigenvalue weighted by Crippen LogP contribution is -2.37. The van der Waals surface area contributed by atoms with E-state index in [1.54, 1.807) is 23.6 Å². The normalized spacial score (nSPS) is 21.6. The van der Waals surface area contributed by atoms with Gasteiger partial charge in [0.25, 0.3) is 0 Å². The number of nitrogens with zero attached hydrogens (tertiary/aromatic N) is 3. The van der Waals surface area contributed by atoms with Crippen LogP contribution in [0.25, 0.3) is 0 Å². The molecule has 0 radical (unpaired) electrons. The van der Waals surface area contributed by atoms with Crippen LogP contribution in [0.3, 0.4) is 0 Å². The number of carboxylic acid groups (broad SMARTS) is 1. The van der Waals surface area contributed by atoms with Crippen molar-refractivity contribution in [3.05, 3.63) is 11.8 Å². The van der Waals surface area contributed by atoms with E-state index >= 15 is 0 Å². The minimum absolute atomic E-state index is 0.230. The Morgan fingerprint density at radius 1 is 1.52 bits per heavy atom. The van der Waals surface area contributed by atoms with Crippen LogP contribution in [0.4, 0.5) is 10.6 Å². The van der Waals surface area contributed by atoms with Crippen LogP contribution in [0.1, 0.15) is 32.4 Å². The van der Waals surface area contributed by atoms with E-state index in [4.69, 9.17) is 0 Å². The number of amides is 2. The Labute approximate surface area is 123 Å². The molecule has 116 valence electrons. The Bertz CT molecular complexity index is 554. The summed E-state index contributed by atoms with van der Waals surface area (Å²) in [5.74, 6) is -0.226. The summed E-state index contributed by atoms with van der Waals surface area (Å²) in [5, 5.41) is 16.3. The second-order valence-electron chi connectivity index (χ2n) is 5.86. The van der Waals surface area contributed by atoms with Crippen molar-refractivity contribution < 1.29 is 14.7 Å². The molecule has 1 aromatic rings. The van der Waals surface area contributed by atoms with Gasteiger partial charge in [-0.15, -0.1) is 0 Å². The zero-order chi connectivity index (χ0) is 15.6. The summed E-state index contributed by atoms with van der Waals surface area (Å²) < 4.78 is 1.63. The highest BCUT2D eigenvalue weighted by Gasteiger charge is 2.42. The monoisotopic (exact) mass is 294 g/mol. The van der Waals surface area contributed by atoms with E-state index in [1.165, 1.54) is 0 Å². The van der Waals surface area contributed by atoms with E-state index in [0.29, 0.717) is 18.8 Å². The molecule has 0 aromatic carbocycles. The van der Waals surface area contributed by atoms with Crippen LogP contribution in [-0.2, 0) is 18.3 Å². The zero-order valence-corrected chi connectivity index (χ0v) is 12.7. The first-order valence-electron chi connectivity index (χ1n) is 7.18.